The van der Waals surface area contributed by atoms with Crippen LogP contribution in [0, 0.1) is 11.8 Å². The minimum absolute atomic E-state index is 0.218. The number of nitrogens with zero attached hydrogens (tertiary/aromatic N) is 2. The standard InChI is InChI=1S/C22H20BrN3O3/c1-26-20(15-19(25-26)18-10-3-4-11-21(18)28-2)22(27)24-12-5-6-13-29-17-9-7-8-16(23)14-17/h3-4,7-11,14-15H,12-13H2,1-2H3,(H,24,27). The van der Waals surface area contributed by atoms with Crippen molar-refractivity contribution >= 4 is 21.8 Å². The summed E-state index contributed by atoms with van der Waals surface area (Å²) in [6, 6.07) is 16.8. The molecule has 0 aliphatic rings. The van der Waals surface area contributed by atoms with Crippen LogP contribution in [0.3, 0.4) is 0 Å². The number of carbonyl (C=O) groups is 1. The van der Waals surface area contributed by atoms with Crippen LogP contribution in [0.2, 0.25) is 0 Å². The third-order valence-electron chi connectivity index (χ3n) is 4.06. The zero-order valence-electron chi connectivity index (χ0n) is 16.1. The van der Waals surface area contributed by atoms with Crippen molar-refractivity contribution in [2.75, 3.05) is 20.3 Å². The summed E-state index contributed by atoms with van der Waals surface area (Å²) < 4.78 is 13.4. The SMILES string of the molecule is COc1ccccc1-c1cc(C(=O)NCC#CCOc2cccc(Br)c2)n(C)n1. The molecule has 1 heterocycles. The molecule has 1 amide bonds. The first-order valence-corrected chi connectivity index (χ1v) is 9.67. The number of benzene rings is 2. The van der Waals surface area contributed by atoms with Crippen molar-refractivity contribution in [1.29, 1.82) is 0 Å². The van der Waals surface area contributed by atoms with Crippen LogP contribution in [0.15, 0.2) is 59.1 Å². The minimum Gasteiger partial charge on any atom is -0.496 e. The lowest BCUT2D eigenvalue weighted by molar-refractivity contribution is 0.0949. The van der Waals surface area contributed by atoms with Crippen LogP contribution >= 0.6 is 15.9 Å². The van der Waals surface area contributed by atoms with Gasteiger partial charge in [-0.25, -0.2) is 0 Å². The number of hydrogen-bond acceptors (Lipinski definition) is 4. The van der Waals surface area contributed by atoms with Gasteiger partial charge in [-0.15, -0.1) is 0 Å². The maximum atomic E-state index is 12.4. The molecule has 0 saturated heterocycles. The molecule has 2 aromatic carbocycles. The number of nitrogens with one attached hydrogen (secondary N) is 1. The molecule has 1 N–H and O–H groups in total. The summed E-state index contributed by atoms with van der Waals surface area (Å²) in [5, 5.41) is 7.20. The predicted octanol–water partition coefficient (Wildman–Crippen LogP) is 3.67. The van der Waals surface area contributed by atoms with Crippen molar-refractivity contribution in [3.8, 4) is 34.6 Å². The molecule has 0 radical (unpaired) electrons. The highest BCUT2D eigenvalue weighted by molar-refractivity contribution is 9.10. The van der Waals surface area contributed by atoms with Gasteiger partial charge < -0.3 is 14.8 Å². The predicted molar refractivity (Wildman–Crippen MR) is 115 cm³/mol. The van der Waals surface area contributed by atoms with Gasteiger partial charge in [-0.1, -0.05) is 46.0 Å². The summed E-state index contributed by atoms with van der Waals surface area (Å²) in [6.07, 6.45) is 0. The number of halogens is 1. The Morgan fingerprint density at radius 3 is 2.79 bits per heavy atom. The lowest BCUT2D eigenvalue weighted by atomic mass is 10.1. The molecule has 29 heavy (non-hydrogen) atoms. The van der Waals surface area contributed by atoms with Crippen molar-refractivity contribution in [1.82, 2.24) is 15.1 Å². The fourth-order valence-electron chi connectivity index (χ4n) is 2.67. The Labute approximate surface area is 178 Å². The van der Waals surface area contributed by atoms with Gasteiger partial charge in [-0.3, -0.25) is 9.48 Å². The highest BCUT2D eigenvalue weighted by Gasteiger charge is 2.15. The topological polar surface area (TPSA) is 65.4 Å². The zero-order chi connectivity index (χ0) is 20.6. The number of aromatic nitrogens is 2. The van der Waals surface area contributed by atoms with Gasteiger partial charge in [-0.2, -0.15) is 5.10 Å². The lowest BCUT2D eigenvalue weighted by Gasteiger charge is -2.04. The molecule has 3 rings (SSSR count). The van der Waals surface area contributed by atoms with Gasteiger partial charge in [0.2, 0.25) is 0 Å². The molecule has 0 aliphatic carbocycles. The van der Waals surface area contributed by atoms with E-state index in [0.717, 1.165) is 15.8 Å². The normalized spacial score (nSPS) is 10.0. The summed E-state index contributed by atoms with van der Waals surface area (Å²) in [5.41, 5.74) is 1.94. The Kier molecular flexibility index (Phi) is 6.93. The quantitative estimate of drug-likeness (QED) is 0.578. The molecule has 7 heteroatoms. The average molecular weight is 454 g/mol. The van der Waals surface area contributed by atoms with Crippen LogP contribution in [-0.4, -0.2) is 35.9 Å². The average Bonchev–Trinajstić information content (AvgIpc) is 3.12. The molecule has 0 fully saturated rings. The summed E-state index contributed by atoms with van der Waals surface area (Å²) in [4.78, 5) is 12.4. The van der Waals surface area contributed by atoms with E-state index in [4.69, 9.17) is 9.47 Å². The minimum atomic E-state index is -0.247. The van der Waals surface area contributed by atoms with Gasteiger partial charge >= 0.3 is 0 Å². The first-order chi connectivity index (χ1) is 14.1. The number of aryl methyl sites for hydroxylation is 1. The molecule has 148 valence electrons. The molecule has 0 spiro atoms. The van der Waals surface area contributed by atoms with Crippen LogP contribution in [0.4, 0.5) is 0 Å². The van der Waals surface area contributed by atoms with E-state index < -0.39 is 0 Å². The van der Waals surface area contributed by atoms with E-state index >= 15 is 0 Å². The van der Waals surface area contributed by atoms with E-state index in [9.17, 15) is 4.79 Å². The molecular formula is C22H20BrN3O3. The molecule has 0 bridgehead atoms. The van der Waals surface area contributed by atoms with E-state index in [1.807, 2.05) is 48.5 Å². The molecule has 1 aromatic heterocycles. The number of ether oxygens (including phenoxy) is 2. The molecular weight excluding hydrogens is 434 g/mol. The molecule has 0 atom stereocenters. The summed E-state index contributed by atoms with van der Waals surface area (Å²) in [7, 11) is 3.33. The number of methoxy groups -OCH3 is 1. The molecule has 6 nitrogen and oxygen atoms in total. The number of carbonyl (C=O) groups excluding carboxylic acids is 1. The molecule has 0 unspecified atom stereocenters. The van der Waals surface area contributed by atoms with Crippen molar-refractivity contribution in [3.63, 3.8) is 0 Å². The maximum Gasteiger partial charge on any atom is 0.270 e. The summed E-state index contributed by atoms with van der Waals surface area (Å²) in [5.74, 6) is 6.95. The van der Waals surface area contributed by atoms with E-state index in [2.05, 4.69) is 38.2 Å². The van der Waals surface area contributed by atoms with Crippen molar-refractivity contribution < 1.29 is 14.3 Å². The van der Waals surface area contributed by atoms with Gasteiger partial charge in [0, 0.05) is 17.1 Å². The highest BCUT2D eigenvalue weighted by atomic mass is 79.9. The number of para-hydroxylation sites is 1. The van der Waals surface area contributed by atoms with Gasteiger partial charge in [0.25, 0.3) is 5.91 Å². The van der Waals surface area contributed by atoms with Crippen LogP contribution in [0.5, 0.6) is 11.5 Å². The van der Waals surface area contributed by atoms with E-state index in [0.29, 0.717) is 17.1 Å². The summed E-state index contributed by atoms with van der Waals surface area (Å²) in [6.45, 7) is 0.464. The van der Waals surface area contributed by atoms with E-state index in [1.165, 1.54) is 0 Å². The van der Waals surface area contributed by atoms with E-state index in [-0.39, 0.29) is 19.1 Å². The first-order valence-electron chi connectivity index (χ1n) is 8.88. The van der Waals surface area contributed by atoms with Gasteiger partial charge in [0.1, 0.15) is 23.8 Å². The molecule has 0 saturated carbocycles. The van der Waals surface area contributed by atoms with E-state index in [1.54, 1.807) is 24.9 Å². The fourth-order valence-corrected chi connectivity index (χ4v) is 3.05. The number of rotatable bonds is 6. The maximum absolute atomic E-state index is 12.4. The largest absolute Gasteiger partial charge is 0.496 e. The number of hydrogen-bond donors (Lipinski definition) is 1. The number of amides is 1. The third kappa shape index (κ3) is 5.39. The van der Waals surface area contributed by atoms with Crippen molar-refractivity contribution in [3.05, 3.63) is 64.8 Å². The Hall–Kier alpha value is -3.24. The smallest absolute Gasteiger partial charge is 0.270 e. The second-order valence-corrected chi connectivity index (χ2v) is 6.94. The van der Waals surface area contributed by atoms with Crippen LogP contribution < -0.4 is 14.8 Å². The monoisotopic (exact) mass is 453 g/mol. The zero-order valence-corrected chi connectivity index (χ0v) is 17.7. The third-order valence-corrected chi connectivity index (χ3v) is 4.56. The van der Waals surface area contributed by atoms with Crippen LogP contribution in [-0.2, 0) is 7.05 Å². The van der Waals surface area contributed by atoms with Crippen LogP contribution in [0.25, 0.3) is 11.3 Å². The van der Waals surface area contributed by atoms with Crippen LogP contribution in [0.1, 0.15) is 10.5 Å². The van der Waals surface area contributed by atoms with Gasteiger partial charge in [0.05, 0.1) is 19.3 Å². The first kappa shape index (κ1) is 20.5. The second kappa shape index (κ2) is 9.80. The van der Waals surface area contributed by atoms with Gasteiger partial charge in [-0.05, 0) is 36.4 Å². The highest BCUT2D eigenvalue weighted by Crippen LogP contribution is 2.28. The van der Waals surface area contributed by atoms with Crippen molar-refractivity contribution in [2.24, 2.45) is 7.05 Å². The fraction of sp³-hybridized carbons (Fsp3) is 0.182. The summed E-state index contributed by atoms with van der Waals surface area (Å²) >= 11 is 3.39. The Morgan fingerprint density at radius 1 is 1.17 bits per heavy atom. The molecule has 3 aromatic rings. The molecule has 0 aliphatic heterocycles. The second-order valence-electron chi connectivity index (χ2n) is 6.02. The van der Waals surface area contributed by atoms with Gasteiger partial charge in [0.15, 0.2) is 0 Å². The Balaban J connectivity index is 1.56. The van der Waals surface area contributed by atoms with Crippen molar-refractivity contribution in [2.45, 2.75) is 0 Å². The Morgan fingerprint density at radius 2 is 2.00 bits per heavy atom. The Bertz CT molecular complexity index is 1070. The lowest BCUT2D eigenvalue weighted by Crippen LogP contribution is -2.25.